The number of hydrogen-bond acceptors (Lipinski definition) is 4. The summed E-state index contributed by atoms with van der Waals surface area (Å²) in [5.74, 6) is 5.03. The van der Waals surface area contributed by atoms with E-state index in [4.69, 9.17) is 0 Å². The van der Waals surface area contributed by atoms with Crippen molar-refractivity contribution in [1.29, 1.82) is 0 Å². The van der Waals surface area contributed by atoms with Crippen LogP contribution < -0.4 is 10.6 Å². The predicted octanol–water partition coefficient (Wildman–Crippen LogP) is 5.85. The van der Waals surface area contributed by atoms with Crippen molar-refractivity contribution < 1.29 is 0 Å². The monoisotopic (exact) mass is 460 g/mol. The first-order valence-electron chi connectivity index (χ1n) is 14.1. The first-order chi connectivity index (χ1) is 15.3. The van der Waals surface area contributed by atoms with Crippen molar-refractivity contribution in [3.63, 3.8) is 0 Å². The Balaban J connectivity index is 1.10. The third-order valence-corrected chi connectivity index (χ3v) is 15.2. The van der Waals surface area contributed by atoms with Crippen LogP contribution >= 0.6 is 23.5 Å². The summed E-state index contributed by atoms with van der Waals surface area (Å²) in [4.78, 5) is 0. The highest BCUT2D eigenvalue weighted by atomic mass is 32.2. The fourth-order valence-corrected chi connectivity index (χ4v) is 14.0. The third-order valence-electron chi connectivity index (χ3n) is 11.1. The summed E-state index contributed by atoms with van der Waals surface area (Å²) in [6.07, 6.45) is 19.5. The zero-order chi connectivity index (χ0) is 20.5. The van der Waals surface area contributed by atoms with Crippen LogP contribution in [0.4, 0.5) is 0 Å². The molecule has 4 heteroatoms. The maximum absolute atomic E-state index is 4.30. The molecule has 2 nitrogen and oxygen atoms in total. The lowest BCUT2D eigenvalue weighted by Gasteiger charge is -2.60. The molecule has 7 fully saturated rings. The molecule has 0 spiro atoms. The minimum Gasteiger partial charge on any atom is -0.309 e. The normalized spacial score (nSPS) is 58.5. The van der Waals surface area contributed by atoms with E-state index in [2.05, 4.69) is 41.1 Å². The van der Waals surface area contributed by atoms with Gasteiger partial charge >= 0.3 is 0 Å². The molecule has 0 aromatic heterocycles. The number of hydrogen-bond donors (Lipinski definition) is 2. The second-order valence-electron chi connectivity index (χ2n) is 12.6. The smallest absolute Gasteiger partial charge is 0.0242 e. The van der Waals surface area contributed by atoms with Crippen LogP contribution in [0.15, 0.2) is 0 Å². The first kappa shape index (κ1) is 20.9. The highest BCUT2D eigenvalue weighted by molar-refractivity contribution is 8.01. The molecule has 5 saturated carbocycles. The molecule has 7 aliphatic rings. The van der Waals surface area contributed by atoms with Gasteiger partial charge in [0.25, 0.3) is 0 Å². The van der Waals surface area contributed by atoms with Gasteiger partial charge in [-0.05, 0) is 74.5 Å². The van der Waals surface area contributed by atoms with Crippen LogP contribution in [0.5, 0.6) is 0 Å². The van der Waals surface area contributed by atoms with Gasteiger partial charge in [-0.15, -0.1) is 0 Å². The number of nitrogens with one attached hydrogen (secondary N) is 2. The van der Waals surface area contributed by atoms with E-state index in [0.717, 1.165) is 74.8 Å². The molecule has 2 saturated heterocycles. The summed E-state index contributed by atoms with van der Waals surface area (Å²) < 4.78 is 0. The van der Waals surface area contributed by atoms with Gasteiger partial charge in [0, 0.05) is 45.2 Å². The molecular formula is C27H44N2S2. The Morgan fingerprint density at radius 3 is 1.52 bits per heavy atom. The summed E-state index contributed by atoms with van der Waals surface area (Å²) in [6, 6.07) is 3.16. The lowest BCUT2D eigenvalue weighted by molar-refractivity contribution is 0.111. The van der Waals surface area contributed by atoms with Gasteiger partial charge in [0.1, 0.15) is 0 Å². The van der Waals surface area contributed by atoms with Crippen molar-refractivity contribution >= 4 is 23.5 Å². The van der Waals surface area contributed by atoms with Gasteiger partial charge in [-0.25, -0.2) is 0 Å². The maximum Gasteiger partial charge on any atom is 0.0242 e. The Morgan fingerprint density at radius 2 is 1.00 bits per heavy atom. The quantitative estimate of drug-likeness (QED) is 0.474. The highest BCUT2D eigenvalue weighted by Crippen LogP contribution is 2.56. The van der Waals surface area contributed by atoms with Crippen molar-refractivity contribution in [1.82, 2.24) is 10.6 Å². The van der Waals surface area contributed by atoms with E-state index in [1.54, 1.807) is 0 Å². The number of fused-ring (bicyclic) bond motifs is 8. The molecule has 12 unspecified atom stereocenters. The highest BCUT2D eigenvalue weighted by Gasteiger charge is 2.55. The van der Waals surface area contributed by atoms with Crippen molar-refractivity contribution in [3.05, 3.63) is 0 Å². The molecule has 7 rings (SSSR count). The van der Waals surface area contributed by atoms with Crippen LogP contribution in [0.2, 0.25) is 0 Å². The van der Waals surface area contributed by atoms with Crippen LogP contribution in [0.1, 0.15) is 90.4 Å². The zero-order valence-corrected chi connectivity index (χ0v) is 21.1. The van der Waals surface area contributed by atoms with Gasteiger partial charge in [-0.1, -0.05) is 45.4 Å². The van der Waals surface area contributed by atoms with Crippen molar-refractivity contribution in [3.8, 4) is 0 Å². The van der Waals surface area contributed by atoms with E-state index in [9.17, 15) is 0 Å². The van der Waals surface area contributed by atoms with Crippen molar-refractivity contribution in [2.45, 2.75) is 136 Å². The van der Waals surface area contributed by atoms with Crippen LogP contribution in [-0.2, 0) is 0 Å². The standard InChI is InChI=1S/C27H44N2S2/c1-15-24-22(28-20-12-10-16-6-2-4-8-18(16)26(20)30-24)14-23-25(15)31-27-19-9-5-3-7-17(19)11-13-21(27)29-23/h15-29H,2-14H2,1H3. The van der Waals surface area contributed by atoms with Crippen LogP contribution in [0.25, 0.3) is 0 Å². The summed E-state index contributed by atoms with van der Waals surface area (Å²) in [6.45, 7) is 2.65. The summed E-state index contributed by atoms with van der Waals surface area (Å²) in [5, 5.41) is 12.2. The number of rotatable bonds is 0. The van der Waals surface area contributed by atoms with Gasteiger partial charge in [0.15, 0.2) is 0 Å². The molecule has 0 aromatic rings. The average molecular weight is 461 g/mol. The second-order valence-corrected chi connectivity index (χ2v) is 15.3. The average Bonchev–Trinajstić information content (AvgIpc) is 2.82. The summed E-state index contributed by atoms with van der Waals surface area (Å²) in [7, 11) is 0. The van der Waals surface area contributed by atoms with E-state index in [1.165, 1.54) is 83.5 Å². The third kappa shape index (κ3) is 3.50. The Bertz CT molecular complexity index is 618. The van der Waals surface area contributed by atoms with Gasteiger partial charge in [-0.3, -0.25) is 0 Å². The van der Waals surface area contributed by atoms with Crippen LogP contribution in [0.3, 0.4) is 0 Å². The minimum atomic E-state index is 0.762. The van der Waals surface area contributed by atoms with Gasteiger partial charge in [-0.2, -0.15) is 23.5 Å². The van der Waals surface area contributed by atoms with Crippen LogP contribution in [0, 0.1) is 29.6 Å². The van der Waals surface area contributed by atoms with E-state index in [1.807, 2.05) is 0 Å². The lowest BCUT2D eigenvalue weighted by Crippen LogP contribution is -2.69. The van der Waals surface area contributed by atoms with E-state index >= 15 is 0 Å². The molecule has 0 amide bonds. The molecule has 12 atom stereocenters. The summed E-state index contributed by atoms with van der Waals surface area (Å²) in [5.41, 5.74) is 0. The molecule has 174 valence electrons. The Hall–Kier alpha value is 0.620. The molecule has 0 aromatic carbocycles. The number of thioether (sulfide) groups is 2. The Kier molecular flexibility index (Phi) is 5.66. The largest absolute Gasteiger partial charge is 0.309 e. The molecule has 2 N–H and O–H groups in total. The Labute approximate surface area is 199 Å². The molecule has 0 bridgehead atoms. The second kappa shape index (κ2) is 8.38. The van der Waals surface area contributed by atoms with Gasteiger partial charge in [0.05, 0.1) is 0 Å². The summed E-state index contributed by atoms with van der Waals surface area (Å²) >= 11 is 4.99. The topological polar surface area (TPSA) is 24.1 Å². The zero-order valence-electron chi connectivity index (χ0n) is 19.5. The molecule has 5 aliphatic carbocycles. The van der Waals surface area contributed by atoms with Crippen LogP contribution in [-0.4, -0.2) is 45.2 Å². The van der Waals surface area contributed by atoms with E-state index < -0.39 is 0 Å². The van der Waals surface area contributed by atoms with Crippen molar-refractivity contribution in [2.24, 2.45) is 29.6 Å². The first-order valence-corrected chi connectivity index (χ1v) is 16.0. The minimum absolute atomic E-state index is 0.762. The van der Waals surface area contributed by atoms with Gasteiger partial charge in [0.2, 0.25) is 0 Å². The SMILES string of the molecule is CC1C2SC3C(CCC4CCCCC43)NC2CC2NC3CCC4CCCCC4C3SC21. The van der Waals surface area contributed by atoms with E-state index in [0.29, 0.717) is 0 Å². The lowest BCUT2D eigenvalue weighted by atomic mass is 9.68. The fraction of sp³-hybridized carbons (Fsp3) is 1.00. The van der Waals surface area contributed by atoms with Gasteiger partial charge < -0.3 is 10.6 Å². The molecule has 0 radical (unpaired) electrons. The molecule has 31 heavy (non-hydrogen) atoms. The molecular weight excluding hydrogens is 416 g/mol. The van der Waals surface area contributed by atoms with Crippen molar-refractivity contribution in [2.75, 3.05) is 0 Å². The van der Waals surface area contributed by atoms with E-state index in [-0.39, 0.29) is 0 Å². The predicted molar refractivity (Wildman–Crippen MR) is 135 cm³/mol. The molecule has 2 heterocycles. The fourth-order valence-electron chi connectivity index (χ4n) is 9.65. The maximum atomic E-state index is 4.30. The Morgan fingerprint density at radius 1 is 0.516 bits per heavy atom. The molecule has 2 aliphatic heterocycles.